The maximum Gasteiger partial charge on any atom is 0.459 e. The molecule has 4 N–H and O–H groups in total. The van der Waals surface area contributed by atoms with E-state index in [0.29, 0.717) is 23.8 Å². The van der Waals surface area contributed by atoms with Gasteiger partial charge in [0.05, 0.1) is 23.3 Å². The maximum atomic E-state index is 14.4. The fourth-order valence-electron chi connectivity index (χ4n) is 4.87. The third-order valence-electron chi connectivity index (χ3n) is 7.27. The summed E-state index contributed by atoms with van der Waals surface area (Å²) >= 11 is 1.45. The van der Waals surface area contributed by atoms with Gasteiger partial charge in [-0.2, -0.15) is 5.09 Å². The summed E-state index contributed by atoms with van der Waals surface area (Å²) in [6.45, 7) is 7.55. The number of nitrogens with one attached hydrogen (secondary N) is 1. The zero-order valence-electron chi connectivity index (χ0n) is 24.6. The number of carbonyl (C=O) groups excluding carboxylic acids is 1. The molecule has 0 bridgehead atoms. The van der Waals surface area contributed by atoms with Crippen LogP contribution >= 0.6 is 19.5 Å². The van der Waals surface area contributed by atoms with Crippen molar-refractivity contribution in [1.29, 1.82) is 0 Å². The van der Waals surface area contributed by atoms with Crippen LogP contribution in [0.25, 0.3) is 10.8 Å². The molecule has 0 amide bonds. The van der Waals surface area contributed by atoms with Gasteiger partial charge in [-0.25, -0.2) is 9.56 Å². The number of hydrogen-bond donors (Lipinski definition) is 3. The molecular weight excluding hydrogens is 599 g/mol. The number of ether oxygens (including phenoxy) is 1. The number of fused-ring (bicyclic) bond motifs is 1. The lowest BCUT2D eigenvalue weighted by molar-refractivity contribution is -0.148. The van der Waals surface area contributed by atoms with Crippen molar-refractivity contribution in [1.82, 2.24) is 9.99 Å². The first kappa shape index (κ1) is 31.8. The predicted octanol–water partition coefficient (Wildman–Crippen LogP) is 5.55. The van der Waals surface area contributed by atoms with E-state index in [0.717, 1.165) is 16.3 Å². The number of aliphatic hydroxyl groups excluding tert-OH is 1. The van der Waals surface area contributed by atoms with Crippen LogP contribution < -0.4 is 15.3 Å². The van der Waals surface area contributed by atoms with E-state index in [9.17, 15) is 14.5 Å². The Bertz CT molecular complexity index is 1600. The Morgan fingerprint density at radius 2 is 1.89 bits per heavy atom. The second-order valence-corrected chi connectivity index (χ2v) is 14.1. The SMILES string of the molecule is C=C1N=C(N)C=CN1[C@H]1C[C@@H](O)[C@@H](COP(=O)(N[C@H](C(=O)OCc2ccccc2)C(C)C)Oc2ccc3ccccc3c2)S1. The van der Waals surface area contributed by atoms with E-state index in [1.54, 1.807) is 24.4 Å². The Kier molecular flexibility index (Phi) is 10.1. The highest BCUT2D eigenvalue weighted by molar-refractivity contribution is 8.00. The molecule has 232 valence electrons. The van der Waals surface area contributed by atoms with Gasteiger partial charge in [-0.05, 0) is 40.5 Å². The third kappa shape index (κ3) is 7.91. The van der Waals surface area contributed by atoms with Crippen LogP contribution in [0.15, 0.2) is 102 Å². The van der Waals surface area contributed by atoms with Crippen LogP contribution in [0.5, 0.6) is 5.75 Å². The lowest BCUT2D eigenvalue weighted by atomic mass is 10.1. The van der Waals surface area contributed by atoms with E-state index in [-0.39, 0.29) is 24.5 Å². The number of aliphatic hydroxyl groups is 1. The largest absolute Gasteiger partial charge is 0.460 e. The number of carbonyl (C=O) groups is 1. The van der Waals surface area contributed by atoms with Gasteiger partial charge in [0.25, 0.3) is 0 Å². The van der Waals surface area contributed by atoms with Crippen LogP contribution in [-0.2, 0) is 25.2 Å². The molecule has 1 unspecified atom stereocenters. The number of nitrogens with zero attached hydrogens (tertiary/aromatic N) is 2. The second kappa shape index (κ2) is 14.0. The first-order chi connectivity index (χ1) is 21.1. The summed E-state index contributed by atoms with van der Waals surface area (Å²) < 4.78 is 32.0. The van der Waals surface area contributed by atoms with Gasteiger partial charge in [-0.3, -0.25) is 9.32 Å². The molecule has 44 heavy (non-hydrogen) atoms. The molecule has 5 rings (SSSR count). The van der Waals surface area contributed by atoms with Gasteiger partial charge in [-0.15, -0.1) is 11.8 Å². The van der Waals surface area contributed by atoms with Crippen molar-refractivity contribution < 1.29 is 28.3 Å². The monoisotopic (exact) mass is 636 g/mol. The average molecular weight is 637 g/mol. The molecule has 1 saturated heterocycles. The molecule has 0 radical (unpaired) electrons. The van der Waals surface area contributed by atoms with Gasteiger partial charge in [0.2, 0.25) is 0 Å². The van der Waals surface area contributed by atoms with Crippen molar-refractivity contribution in [3.8, 4) is 5.75 Å². The van der Waals surface area contributed by atoms with Crippen molar-refractivity contribution in [3.63, 3.8) is 0 Å². The van der Waals surface area contributed by atoms with Crippen molar-refractivity contribution in [2.24, 2.45) is 16.6 Å². The van der Waals surface area contributed by atoms with Crippen molar-refractivity contribution in [3.05, 3.63) is 103 Å². The second-order valence-electron chi connectivity index (χ2n) is 10.9. The van der Waals surface area contributed by atoms with E-state index in [1.807, 2.05) is 79.4 Å². The molecule has 0 saturated carbocycles. The number of benzene rings is 3. The van der Waals surface area contributed by atoms with E-state index in [1.165, 1.54) is 11.8 Å². The minimum Gasteiger partial charge on any atom is -0.460 e. The molecule has 2 aliphatic heterocycles. The summed E-state index contributed by atoms with van der Waals surface area (Å²) in [6, 6.07) is 21.4. The molecule has 2 heterocycles. The fraction of sp³-hybridized carbons (Fsp3) is 0.312. The summed E-state index contributed by atoms with van der Waals surface area (Å²) in [4.78, 5) is 19.3. The van der Waals surface area contributed by atoms with Crippen LogP contribution in [0.3, 0.4) is 0 Å². The Hall–Kier alpha value is -3.60. The molecule has 10 nitrogen and oxygen atoms in total. The summed E-state index contributed by atoms with van der Waals surface area (Å²) in [6.07, 6.45) is 3.09. The lowest BCUT2D eigenvalue weighted by Crippen LogP contribution is -2.42. The van der Waals surface area contributed by atoms with Gasteiger partial charge in [0.15, 0.2) is 0 Å². The fourth-order valence-corrected chi connectivity index (χ4v) is 8.12. The van der Waals surface area contributed by atoms with Crippen LogP contribution in [0.1, 0.15) is 25.8 Å². The molecule has 3 aromatic rings. The quantitative estimate of drug-likeness (QED) is 0.172. The highest BCUT2D eigenvalue weighted by Gasteiger charge is 2.41. The number of thioether (sulfide) groups is 1. The van der Waals surface area contributed by atoms with E-state index < -0.39 is 31.1 Å². The minimum atomic E-state index is -4.19. The Morgan fingerprint density at radius 3 is 2.61 bits per heavy atom. The summed E-state index contributed by atoms with van der Waals surface area (Å²) in [7, 11) is -4.19. The van der Waals surface area contributed by atoms with E-state index in [2.05, 4.69) is 16.7 Å². The summed E-state index contributed by atoms with van der Waals surface area (Å²) in [5.74, 6) is 0.241. The Morgan fingerprint density at radius 1 is 1.16 bits per heavy atom. The van der Waals surface area contributed by atoms with E-state index in [4.69, 9.17) is 19.5 Å². The number of amidine groups is 1. The van der Waals surface area contributed by atoms with Crippen LogP contribution in [0.4, 0.5) is 0 Å². The number of hydrogen-bond acceptors (Lipinski definition) is 10. The van der Waals surface area contributed by atoms with Gasteiger partial charge in [0.1, 0.15) is 30.1 Å². The highest BCUT2D eigenvalue weighted by Crippen LogP contribution is 2.48. The van der Waals surface area contributed by atoms with Crippen LogP contribution in [-0.4, -0.2) is 51.2 Å². The van der Waals surface area contributed by atoms with Crippen molar-refractivity contribution >= 4 is 42.1 Å². The van der Waals surface area contributed by atoms with Gasteiger partial charge < -0.3 is 25.0 Å². The first-order valence-corrected chi connectivity index (χ1v) is 16.8. The first-order valence-electron chi connectivity index (χ1n) is 14.3. The zero-order chi connectivity index (χ0) is 31.3. The summed E-state index contributed by atoms with van der Waals surface area (Å²) in [5.41, 5.74) is 6.61. The highest BCUT2D eigenvalue weighted by atomic mass is 32.2. The molecule has 0 spiro atoms. The Balaban J connectivity index is 1.33. The molecule has 2 aliphatic rings. The topological polar surface area (TPSA) is 136 Å². The Labute approximate surface area is 261 Å². The van der Waals surface area contributed by atoms with E-state index >= 15 is 0 Å². The zero-order valence-corrected chi connectivity index (χ0v) is 26.3. The number of aliphatic imine (C=N–C) groups is 1. The maximum absolute atomic E-state index is 14.4. The predicted molar refractivity (Wildman–Crippen MR) is 174 cm³/mol. The number of nitrogens with two attached hydrogens (primary N) is 1. The summed E-state index contributed by atoms with van der Waals surface area (Å²) in [5, 5.41) is 15.0. The van der Waals surface area contributed by atoms with Crippen molar-refractivity contribution in [2.45, 2.75) is 49.6 Å². The van der Waals surface area contributed by atoms with Gasteiger partial charge in [-0.1, -0.05) is 81.1 Å². The molecule has 5 atom stereocenters. The average Bonchev–Trinajstić information content (AvgIpc) is 3.38. The lowest BCUT2D eigenvalue weighted by Gasteiger charge is -2.29. The molecule has 0 aromatic heterocycles. The standard InChI is InChI=1S/C32H37N4O6PS/c1-21(2)31(32(38)40-19-23-9-5-4-6-10-23)35-43(39,42-26-14-13-24-11-7-8-12-25(24)17-26)41-20-28-27(37)18-30(44-28)36-16-15-29(33)34-22(36)3/h4-17,21,27-28,30-31,37H,3,18-20H2,1-2H3,(H2,33,34)(H,35,39)/t27-,28-,30-,31+,43?/m1/s1. The molecule has 12 heteroatoms. The van der Waals surface area contributed by atoms with Crippen LogP contribution in [0, 0.1) is 5.92 Å². The van der Waals surface area contributed by atoms with Crippen molar-refractivity contribution in [2.75, 3.05) is 6.61 Å². The molecule has 1 fully saturated rings. The normalized spacial score (nSPS) is 22.1. The van der Waals surface area contributed by atoms with Gasteiger partial charge in [0, 0.05) is 12.6 Å². The number of esters is 1. The number of rotatable bonds is 12. The van der Waals surface area contributed by atoms with Crippen LogP contribution in [0.2, 0.25) is 0 Å². The smallest absolute Gasteiger partial charge is 0.459 e. The minimum absolute atomic E-state index is 0.0689. The van der Waals surface area contributed by atoms with Gasteiger partial charge >= 0.3 is 13.7 Å². The third-order valence-corrected chi connectivity index (χ3v) is 10.3. The molecule has 0 aliphatic carbocycles. The molecular formula is C32H37N4O6PS. The molecule has 3 aromatic carbocycles.